The van der Waals surface area contributed by atoms with Gasteiger partial charge in [0.1, 0.15) is 33.5 Å². The third-order valence-electron chi connectivity index (χ3n) is 5.34. The van der Waals surface area contributed by atoms with Gasteiger partial charge in [-0.3, -0.25) is 4.68 Å². The summed E-state index contributed by atoms with van der Waals surface area (Å²) >= 11 is 2.23. The van der Waals surface area contributed by atoms with Crippen LogP contribution in [0, 0.1) is 10.6 Å². The minimum atomic E-state index is -4.57. The number of nitrogens with two attached hydrogens (primary N) is 1. The first-order valence-corrected chi connectivity index (χ1v) is 10.8. The van der Waals surface area contributed by atoms with Crippen LogP contribution < -0.4 is 15.4 Å². The molecule has 0 amide bonds. The summed E-state index contributed by atoms with van der Waals surface area (Å²) < 4.78 is 54.8. The van der Waals surface area contributed by atoms with Crippen LogP contribution in [0.15, 0.2) is 6.20 Å². The van der Waals surface area contributed by atoms with Gasteiger partial charge in [0, 0.05) is 19.3 Å². The molecule has 8 nitrogen and oxygen atoms in total. The number of nitrogen functional groups attached to an aromatic ring is 1. The molecule has 30 heavy (non-hydrogen) atoms. The van der Waals surface area contributed by atoms with Gasteiger partial charge in [-0.15, -0.1) is 0 Å². The Bertz CT molecular complexity index is 918. The largest absolute Gasteiger partial charge is 0.486 e. The van der Waals surface area contributed by atoms with Crippen molar-refractivity contribution in [3.8, 4) is 5.75 Å². The summed E-state index contributed by atoms with van der Waals surface area (Å²) in [4.78, 5) is 8.86. The van der Waals surface area contributed by atoms with E-state index in [0.717, 1.165) is 28.4 Å². The van der Waals surface area contributed by atoms with Crippen LogP contribution in [-0.2, 0) is 10.9 Å². The van der Waals surface area contributed by atoms with Crippen molar-refractivity contribution in [3.63, 3.8) is 0 Å². The van der Waals surface area contributed by atoms with Crippen LogP contribution in [-0.4, -0.2) is 52.2 Å². The number of aromatic nitrogens is 4. The zero-order chi connectivity index (χ0) is 21.5. The van der Waals surface area contributed by atoms with Gasteiger partial charge in [0.2, 0.25) is 5.95 Å². The molecule has 1 unspecified atom stereocenters. The van der Waals surface area contributed by atoms with E-state index in [2.05, 4.69) is 37.7 Å². The average molecular weight is 538 g/mol. The number of rotatable bonds is 5. The van der Waals surface area contributed by atoms with Crippen LogP contribution in [0.3, 0.4) is 0 Å². The monoisotopic (exact) mass is 538 g/mol. The summed E-state index contributed by atoms with van der Waals surface area (Å²) in [5.74, 6) is 0.267. The fourth-order valence-electron chi connectivity index (χ4n) is 3.56. The summed E-state index contributed by atoms with van der Waals surface area (Å²) in [6.45, 7) is 2.82. The molecule has 0 aromatic carbocycles. The Morgan fingerprint density at radius 1 is 1.37 bits per heavy atom. The number of halogens is 4. The fraction of sp³-hybridized carbons (Fsp3) is 0.611. The number of hydrogen-bond acceptors (Lipinski definition) is 7. The van der Waals surface area contributed by atoms with Gasteiger partial charge in [0.05, 0.1) is 12.6 Å². The molecule has 0 spiro atoms. The Kier molecular flexibility index (Phi) is 5.97. The Hall–Kier alpha value is -1.83. The van der Waals surface area contributed by atoms with E-state index in [-0.39, 0.29) is 38.1 Å². The molecule has 1 aliphatic carbocycles. The molecular formula is C18H22F3IN6O2. The molecule has 12 heteroatoms. The highest BCUT2D eigenvalue weighted by Crippen LogP contribution is 2.37. The molecule has 4 rings (SSSR count). The molecule has 1 aliphatic heterocycles. The standard InChI is InChI=1S/C18H22F3IN6O2/c1-10-14(15(22)28(26-10)11-3-2-4-11)30-9-12-8-27(5-6-29-12)16-13(18(19,20)21)7-24-17(23)25-16/h7,11-12H,2-6,8-9H2,1H3,(H2,23,24,25). The molecular weight excluding hydrogens is 516 g/mol. The minimum Gasteiger partial charge on any atom is -0.486 e. The van der Waals surface area contributed by atoms with E-state index in [9.17, 15) is 13.2 Å². The predicted octanol–water partition coefficient (Wildman–Crippen LogP) is 3.20. The lowest BCUT2D eigenvalue weighted by atomic mass is 9.93. The highest BCUT2D eigenvalue weighted by molar-refractivity contribution is 14.1. The van der Waals surface area contributed by atoms with Crippen molar-refractivity contribution in [2.45, 2.75) is 44.5 Å². The normalized spacial score (nSPS) is 20.3. The quantitative estimate of drug-likeness (QED) is 0.585. The molecule has 1 saturated carbocycles. The van der Waals surface area contributed by atoms with Gasteiger partial charge in [-0.2, -0.15) is 23.3 Å². The van der Waals surface area contributed by atoms with Crippen LogP contribution in [0.25, 0.3) is 0 Å². The number of alkyl halides is 3. The van der Waals surface area contributed by atoms with Gasteiger partial charge in [0.25, 0.3) is 0 Å². The van der Waals surface area contributed by atoms with Crippen molar-refractivity contribution in [3.05, 3.63) is 21.2 Å². The van der Waals surface area contributed by atoms with Crippen LogP contribution >= 0.6 is 22.6 Å². The van der Waals surface area contributed by atoms with E-state index in [1.165, 1.54) is 11.3 Å². The van der Waals surface area contributed by atoms with Crippen molar-refractivity contribution >= 4 is 34.4 Å². The summed E-state index contributed by atoms with van der Waals surface area (Å²) in [7, 11) is 0. The van der Waals surface area contributed by atoms with Gasteiger partial charge in [-0.1, -0.05) is 0 Å². The van der Waals surface area contributed by atoms with E-state index >= 15 is 0 Å². The van der Waals surface area contributed by atoms with Crippen molar-refractivity contribution in [1.29, 1.82) is 0 Å². The second kappa shape index (κ2) is 8.36. The number of nitrogens with zero attached hydrogens (tertiary/aromatic N) is 5. The molecule has 2 aromatic rings. The summed E-state index contributed by atoms with van der Waals surface area (Å²) in [5.41, 5.74) is 5.42. The SMILES string of the molecule is Cc1nn(C2CCC2)c(I)c1OCC1CN(c2nc(N)ncc2C(F)(F)F)CCO1. The van der Waals surface area contributed by atoms with E-state index in [1.807, 2.05) is 11.6 Å². The van der Waals surface area contributed by atoms with E-state index in [0.29, 0.717) is 11.8 Å². The molecule has 2 aromatic heterocycles. The van der Waals surface area contributed by atoms with Gasteiger partial charge in [-0.25, -0.2) is 4.98 Å². The lowest BCUT2D eigenvalue weighted by Gasteiger charge is -2.34. The van der Waals surface area contributed by atoms with Crippen LogP contribution in [0.4, 0.5) is 24.9 Å². The maximum atomic E-state index is 13.4. The molecule has 164 valence electrons. The topological polar surface area (TPSA) is 91.3 Å². The highest BCUT2D eigenvalue weighted by atomic mass is 127. The molecule has 1 saturated heterocycles. The molecule has 1 atom stereocenters. The molecule has 2 aliphatic rings. The number of anilines is 2. The van der Waals surface area contributed by atoms with Gasteiger partial charge in [-0.05, 0) is 48.8 Å². The summed E-state index contributed by atoms with van der Waals surface area (Å²) in [5, 5.41) is 4.58. The second-order valence-electron chi connectivity index (χ2n) is 7.45. The van der Waals surface area contributed by atoms with Crippen LogP contribution in [0.5, 0.6) is 5.75 Å². The van der Waals surface area contributed by atoms with E-state index in [1.54, 1.807) is 0 Å². The van der Waals surface area contributed by atoms with Crippen molar-refractivity contribution < 1.29 is 22.6 Å². The average Bonchev–Trinajstić information content (AvgIpc) is 2.91. The zero-order valence-corrected chi connectivity index (χ0v) is 18.5. The summed E-state index contributed by atoms with van der Waals surface area (Å²) in [6.07, 6.45) is -0.842. The third-order valence-corrected chi connectivity index (χ3v) is 6.32. The first-order valence-electron chi connectivity index (χ1n) is 9.67. The van der Waals surface area contributed by atoms with E-state index < -0.39 is 17.8 Å². The maximum absolute atomic E-state index is 13.4. The van der Waals surface area contributed by atoms with Crippen molar-refractivity contribution in [2.24, 2.45) is 0 Å². The number of morpholine rings is 1. The molecule has 2 fully saturated rings. The van der Waals surface area contributed by atoms with Gasteiger partial charge >= 0.3 is 6.18 Å². The fourth-order valence-corrected chi connectivity index (χ4v) is 4.61. The molecule has 0 bridgehead atoms. The lowest BCUT2D eigenvalue weighted by molar-refractivity contribution is -0.137. The Morgan fingerprint density at radius 2 is 2.13 bits per heavy atom. The van der Waals surface area contributed by atoms with Crippen LogP contribution in [0.1, 0.15) is 36.6 Å². The molecule has 0 radical (unpaired) electrons. The predicted molar refractivity (Wildman–Crippen MR) is 111 cm³/mol. The second-order valence-corrected chi connectivity index (χ2v) is 8.47. The minimum absolute atomic E-state index is 0.200. The Morgan fingerprint density at radius 3 is 2.80 bits per heavy atom. The number of hydrogen-bond donors (Lipinski definition) is 1. The van der Waals surface area contributed by atoms with Crippen molar-refractivity contribution in [1.82, 2.24) is 19.7 Å². The third kappa shape index (κ3) is 4.29. The first-order chi connectivity index (χ1) is 14.2. The Labute approximate surface area is 185 Å². The first kappa shape index (κ1) is 21.4. The molecule has 3 heterocycles. The molecule has 2 N–H and O–H groups in total. The number of aryl methyl sites for hydroxylation is 1. The summed E-state index contributed by atoms with van der Waals surface area (Å²) in [6, 6.07) is 0.415. The zero-order valence-electron chi connectivity index (χ0n) is 16.3. The maximum Gasteiger partial charge on any atom is 0.421 e. The lowest BCUT2D eigenvalue weighted by Crippen LogP contribution is -2.46. The Balaban J connectivity index is 1.46. The highest BCUT2D eigenvalue weighted by Gasteiger charge is 2.38. The van der Waals surface area contributed by atoms with E-state index in [4.69, 9.17) is 15.2 Å². The number of ether oxygens (including phenoxy) is 2. The smallest absolute Gasteiger partial charge is 0.421 e. The van der Waals surface area contributed by atoms with Crippen molar-refractivity contribution in [2.75, 3.05) is 36.9 Å². The van der Waals surface area contributed by atoms with Gasteiger partial charge < -0.3 is 20.1 Å². The van der Waals surface area contributed by atoms with Crippen LogP contribution in [0.2, 0.25) is 0 Å². The van der Waals surface area contributed by atoms with Gasteiger partial charge in [0.15, 0.2) is 5.75 Å².